The van der Waals surface area contributed by atoms with E-state index in [1.807, 2.05) is 48.1 Å². The lowest BCUT2D eigenvalue weighted by molar-refractivity contribution is 0.102. The largest absolute Gasteiger partial charge is 0.333 e. The zero-order valence-electron chi connectivity index (χ0n) is 14.6. The van der Waals surface area contributed by atoms with Gasteiger partial charge in [-0.25, -0.2) is 15.0 Å². The Morgan fingerprint density at radius 3 is 2.61 bits per heavy atom. The van der Waals surface area contributed by atoms with Crippen LogP contribution in [-0.4, -0.2) is 25.4 Å². The van der Waals surface area contributed by atoms with Gasteiger partial charge in [-0.1, -0.05) is 64.9 Å². The molecule has 0 bridgehead atoms. The Bertz CT molecular complexity index is 1160. The third-order valence-corrected chi connectivity index (χ3v) is 5.43. The molecule has 3 aromatic heterocycles. The van der Waals surface area contributed by atoms with Crippen LogP contribution in [0.2, 0.25) is 10.2 Å². The molecule has 0 atom stereocenters. The van der Waals surface area contributed by atoms with Crippen LogP contribution in [0.15, 0.2) is 54.9 Å². The van der Waals surface area contributed by atoms with Gasteiger partial charge in [0.25, 0.3) is 5.91 Å². The molecule has 1 N–H and O–H groups in total. The topological polar surface area (TPSA) is 72.7 Å². The van der Waals surface area contributed by atoms with Gasteiger partial charge in [-0.15, -0.1) is 0 Å². The van der Waals surface area contributed by atoms with Crippen LogP contribution in [0.4, 0.5) is 5.13 Å². The summed E-state index contributed by atoms with van der Waals surface area (Å²) in [4.78, 5) is 26.5. The fourth-order valence-corrected chi connectivity index (χ4v) is 4.00. The summed E-state index contributed by atoms with van der Waals surface area (Å²) in [7, 11) is 1.91. The van der Waals surface area contributed by atoms with Crippen molar-refractivity contribution in [2.45, 2.75) is 0 Å². The number of thiazole rings is 1. The highest BCUT2D eigenvalue weighted by molar-refractivity contribution is 7.19. The van der Waals surface area contributed by atoms with Crippen LogP contribution in [0.1, 0.15) is 10.5 Å². The summed E-state index contributed by atoms with van der Waals surface area (Å²) in [5.74, 6) is 0.281. The summed E-state index contributed by atoms with van der Waals surface area (Å²) >= 11 is 13.3. The first kappa shape index (κ1) is 18.6. The van der Waals surface area contributed by atoms with Crippen molar-refractivity contribution in [1.82, 2.24) is 19.5 Å². The number of carbonyl (C=O) groups is 1. The fraction of sp³-hybridized carbons (Fsp3) is 0.0526. The molecule has 0 spiro atoms. The van der Waals surface area contributed by atoms with Crippen LogP contribution in [0.3, 0.4) is 0 Å². The number of hydrogen-bond donors (Lipinski definition) is 1. The number of aryl methyl sites for hydroxylation is 1. The Balaban J connectivity index is 1.75. The van der Waals surface area contributed by atoms with Crippen LogP contribution in [0.25, 0.3) is 22.0 Å². The minimum atomic E-state index is -0.479. The summed E-state index contributed by atoms with van der Waals surface area (Å²) in [6, 6.07) is 12.8. The van der Waals surface area contributed by atoms with Gasteiger partial charge in [0.15, 0.2) is 11.0 Å². The van der Waals surface area contributed by atoms with Crippen molar-refractivity contribution in [1.29, 1.82) is 0 Å². The normalized spacial score (nSPS) is 10.8. The monoisotopic (exact) mass is 429 g/mol. The molecule has 4 rings (SSSR count). The summed E-state index contributed by atoms with van der Waals surface area (Å²) in [6.45, 7) is 0. The predicted molar refractivity (Wildman–Crippen MR) is 112 cm³/mol. The Labute approximate surface area is 174 Å². The molecule has 0 aliphatic rings. The van der Waals surface area contributed by atoms with E-state index in [9.17, 15) is 4.79 Å². The Hall–Kier alpha value is -2.74. The quantitative estimate of drug-likeness (QED) is 0.454. The zero-order chi connectivity index (χ0) is 19.7. The Morgan fingerprint density at radius 1 is 1.11 bits per heavy atom. The lowest BCUT2D eigenvalue weighted by atomic mass is 10.1. The molecule has 1 aromatic carbocycles. The van der Waals surface area contributed by atoms with E-state index >= 15 is 0 Å². The van der Waals surface area contributed by atoms with Crippen molar-refractivity contribution in [3.8, 4) is 22.0 Å². The molecule has 0 aliphatic heterocycles. The Kier molecular flexibility index (Phi) is 5.13. The summed E-state index contributed by atoms with van der Waals surface area (Å²) < 4.78 is 1.90. The smallest absolute Gasteiger partial charge is 0.277 e. The average Bonchev–Trinajstić information content (AvgIpc) is 3.30. The van der Waals surface area contributed by atoms with Crippen molar-refractivity contribution >= 4 is 45.6 Å². The van der Waals surface area contributed by atoms with Gasteiger partial charge < -0.3 is 4.57 Å². The molecule has 0 fully saturated rings. The number of aromatic nitrogens is 4. The summed E-state index contributed by atoms with van der Waals surface area (Å²) in [6.07, 6.45) is 3.58. The second-order valence-corrected chi connectivity index (χ2v) is 7.64. The SMILES string of the molecule is Cn1ccnc1-c1sc(NC(=O)c2nc(Cl)ccc2Cl)nc1-c1ccccc1. The molecule has 3 heterocycles. The van der Waals surface area contributed by atoms with Gasteiger partial charge in [-0.05, 0) is 12.1 Å². The lowest BCUT2D eigenvalue weighted by Crippen LogP contribution is -2.14. The first-order valence-corrected chi connectivity index (χ1v) is 9.77. The van der Waals surface area contributed by atoms with Crippen LogP contribution < -0.4 is 5.32 Å². The highest BCUT2D eigenvalue weighted by Crippen LogP contribution is 2.38. The maximum atomic E-state index is 12.6. The van der Waals surface area contributed by atoms with Crippen LogP contribution in [0.5, 0.6) is 0 Å². The number of imidazole rings is 1. The zero-order valence-corrected chi connectivity index (χ0v) is 16.9. The molecule has 0 unspecified atom stereocenters. The van der Waals surface area contributed by atoms with Crippen molar-refractivity contribution < 1.29 is 4.79 Å². The van der Waals surface area contributed by atoms with Crippen LogP contribution >= 0.6 is 34.5 Å². The highest BCUT2D eigenvalue weighted by Gasteiger charge is 2.21. The molecule has 0 radical (unpaired) electrons. The maximum absolute atomic E-state index is 12.6. The minimum Gasteiger partial charge on any atom is -0.333 e. The lowest BCUT2D eigenvalue weighted by Gasteiger charge is -2.03. The van der Waals surface area contributed by atoms with E-state index in [4.69, 9.17) is 23.2 Å². The van der Waals surface area contributed by atoms with E-state index in [0.29, 0.717) is 5.13 Å². The van der Waals surface area contributed by atoms with Crippen molar-refractivity contribution in [3.05, 3.63) is 70.7 Å². The molecule has 0 aliphatic carbocycles. The number of anilines is 1. The van der Waals surface area contributed by atoms with E-state index in [0.717, 1.165) is 22.0 Å². The van der Waals surface area contributed by atoms with E-state index < -0.39 is 5.91 Å². The van der Waals surface area contributed by atoms with Gasteiger partial charge in [0.1, 0.15) is 10.8 Å². The molecule has 1 amide bonds. The molecule has 4 aromatic rings. The van der Waals surface area contributed by atoms with Crippen molar-refractivity contribution in [2.75, 3.05) is 5.32 Å². The average molecular weight is 430 g/mol. The summed E-state index contributed by atoms with van der Waals surface area (Å²) in [5.41, 5.74) is 1.71. The van der Waals surface area contributed by atoms with Gasteiger partial charge in [-0.2, -0.15) is 0 Å². The number of rotatable bonds is 4. The molecule has 140 valence electrons. The standard InChI is InChI=1S/C19H13Cl2N5OS/c1-26-10-9-22-17(26)16-14(11-5-3-2-4-6-11)24-19(28-16)25-18(27)15-12(20)7-8-13(21)23-15/h2-10H,1H3,(H,24,25,27). The number of nitrogens with zero attached hydrogens (tertiary/aromatic N) is 4. The second-order valence-electron chi connectivity index (χ2n) is 5.84. The summed E-state index contributed by atoms with van der Waals surface area (Å²) in [5, 5.41) is 3.58. The number of pyridine rings is 1. The first-order valence-electron chi connectivity index (χ1n) is 8.20. The van der Waals surface area contributed by atoms with Gasteiger partial charge >= 0.3 is 0 Å². The maximum Gasteiger partial charge on any atom is 0.277 e. The molecular formula is C19H13Cl2N5OS. The van der Waals surface area contributed by atoms with Crippen LogP contribution in [0, 0.1) is 0 Å². The second kappa shape index (κ2) is 7.71. The fourth-order valence-electron chi connectivity index (χ4n) is 2.64. The van der Waals surface area contributed by atoms with Gasteiger partial charge in [-0.3, -0.25) is 10.1 Å². The molecule has 9 heteroatoms. The van der Waals surface area contributed by atoms with E-state index in [2.05, 4.69) is 20.3 Å². The number of hydrogen-bond acceptors (Lipinski definition) is 5. The van der Waals surface area contributed by atoms with Crippen molar-refractivity contribution in [3.63, 3.8) is 0 Å². The molecule has 0 saturated carbocycles. The van der Waals surface area contributed by atoms with E-state index in [1.165, 1.54) is 23.5 Å². The number of carbonyl (C=O) groups excluding carboxylic acids is 1. The molecule has 6 nitrogen and oxygen atoms in total. The van der Waals surface area contributed by atoms with Gasteiger partial charge in [0.05, 0.1) is 15.6 Å². The first-order chi connectivity index (χ1) is 13.5. The molecule has 28 heavy (non-hydrogen) atoms. The van der Waals surface area contributed by atoms with Crippen LogP contribution in [-0.2, 0) is 7.05 Å². The third-order valence-electron chi connectivity index (χ3n) is 3.95. The highest BCUT2D eigenvalue weighted by atomic mass is 35.5. The Morgan fingerprint density at radius 2 is 1.89 bits per heavy atom. The van der Waals surface area contributed by atoms with E-state index in [-0.39, 0.29) is 15.9 Å². The minimum absolute atomic E-state index is 0.0455. The van der Waals surface area contributed by atoms with E-state index in [1.54, 1.807) is 6.20 Å². The molecular weight excluding hydrogens is 417 g/mol. The molecule has 0 saturated heterocycles. The van der Waals surface area contributed by atoms with Crippen molar-refractivity contribution in [2.24, 2.45) is 7.05 Å². The number of halogens is 2. The number of nitrogens with one attached hydrogen (secondary N) is 1. The number of amides is 1. The number of benzene rings is 1. The third kappa shape index (κ3) is 3.64. The predicted octanol–water partition coefficient (Wildman–Crippen LogP) is 5.16. The van der Waals surface area contributed by atoms with Gasteiger partial charge in [0, 0.05) is 25.0 Å². The van der Waals surface area contributed by atoms with Gasteiger partial charge in [0.2, 0.25) is 0 Å².